The van der Waals surface area contributed by atoms with Crippen LogP contribution < -0.4 is 0 Å². The molecular weight excluding hydrogens is 148 g/mol. The molecule has 1 fully saturated rings. The fourth-order valence-corrected chi connectivity index (χ4v) is 1.74. The zero-order valence-electron chi connectivity index (χ0n) is 6.48. The Kier molecular flexibility index (Phi) is 3.50. The van der Waals surface area contributed by atoms with Gasteiger partial charge in [0.1, 0.15) is 0 Å². The Bertz CT molecular complexity index is 79.3. The van der Waals surface area contributed by atoms with E-state index >= 15 is 0 Å². The molecule has 1 rings (SSSR count). The monoisotopic (exact) mass is 162 g/mol. The molecule has 1 aliphatic rings. The van der Waals surface area contributed by atoms with Crippen molar-refractivity contribution in [1.82, 2.24) is 0 Å². The Morgan fingerprint density at radius 3 is 2.70 bits per heavy atom. The summed E-state index contributed by atoms with van der Waals surface area (Å²) in [4.78, 5) is 0. The van der Waals surface area contributed by atoms with Gasteiger partial charge in [-0.3, -0.25) is 0 Å². The van der Waals surface area contributed by atoms with Crippen molar-refractivity contribution in [2.75, 3.05) is 12.5 Å². The van der Waals surface area contributed by atoms with Crippen LogP contribution in [0.1, 0.15) is 26.2 Å². The van der Waals surface area contributed by atoms with Gasteiger partial charge in [-0.15, -0.1) is 11.6 Å². The van der Waals surface area contributed by atoms with Gasteiger partial charge in [-0.25, -0.2) is 0 Å². The van der Waals surface area contributed by atoms with Crippen LogP contribution in [0.15, 0.2) is 0 Å². The fourth-order valence-electron chi connectivity index (χ4n) is 1.44. The van der Waals surface area contributed by atoms with E-state index in [1.165, 1.54) is 19.3 Å². The molecule has 0 aromatic heterocycles. The zero-order valence-corrected chi connectivity index (χ0v) is 7.23. The average Bonchev–Trinajstić information content (AvgIpc) is 1.84. The van der Waals surface area contributed by atoms with Crippen molar-refractivity contribution in [2.24, 2.45) is 5.92 Å². The highest BCUT2D eigenvalue weighted by atomic mass is 35.5. The number of halogens is 1. The van der Waals surface area contributed by atoms with Crippen LogP contribution in [0.5, 0.6) is 0 Å². The van der Waals surface area contributed by atoms with Crippen LogP contribution in [-0.2, 0) is 4.74 Å². The first-order valence-corrected chi connectivity index (χ1v) is 4.57. The first kappa shape index (κ1) is 8.35. The molecule has 0 aromatic rings. The normalized spacial score (nSPS) is 31.8. The Morgan fingerprint density at radius 2 is 2.20 bits per heavy atom. The molecule has 60 valence electrons. The maximum atomic E-state index is 5.59. The maximum absolute atomic E-state index is 5.59. The van der Waals surface area contributed by atoms with Crippen molar-refractivity contribution < 1.29 is 4.74 Å². The average molecular weight is 163 g/mol. The van der Waals surface area contributed by atoms with Crippen molar-refractivity contribution in [3.63, 3.8) is 0 Å². The summed E-state index contributed by atoms with van der Waals surface area (Å²) in [6.07, 6.45) is 4.20. The van der Waals surface area contributed by atoms with Gasteiger partial charge in [-0.05, 0) is 32.1 Å². The third-order valence-electron chi connectivity index (χ3n) is 2.11. The van der Waals surface area contributed by atoms with Gasteiger partial charge < -0.3 is 4.74 Å². The predicted molar refractivity (Wildman–Crippen MR) is 43.5 cm³/mol. The largest absolute Gasteiger partial charge is 0.378 e. The summed E-state index contributed by atoms with van der Waals surface area (Å²) >= 11 is 5.59. The lowest BCUT2D eigenvalue weighted by Crippen LogP contribution is -2.31. The number of rotatable bonds is 4. The second-order valence-corrected chi connectivity index (χ2v) is 3.27. The quantitative estimate of drug-likeness (QED) is 0.577. The van der Waals surface area contributed by atoms with Crippen molar-refractivity contribution in [1.29, 1.82) is 0 Å². The minimum absolute atomic E-state index is 0.554. The molecule has 2 heteroatoms. The van der Waals surface area contributed by atoms with E-state index in [4.69, 9.17) is 16.3 Å². The van der Waals surface area contributed by atoms with Gasteiger partial charge in [0, 0.05) is 12.5 Å². The van der Waals surface area contributed by atoms with Crippen LogP contribution in [0.3, 0.4) is 0 Å². The molecule has 0 amide bonds. The van der Waals surface area contributed by atoms with Crippen LogP contribution in [-0.4, -0.2) is 18.6 Å². The predicted octanol–water partition coefficient (Wildman–Crippen LogP) is 2.43. The van der Waals surface area contributed by atoms with Crippen LogP contribution >= 0.6 is 11.6 Å². The summed E-state index contributed by atoms with van der Waals surface area (Å²) in [5, 5.41) is 0. The number of alkyl halides is 1. The van der Waals surface area contributed by atoms with Crippen molar-refractivity contribution in [2.45, 2.75) is 32.3 Å². The Labute approximate surface area is 67.7 Å². The highest BCUT2D eigenvalue weighted by Gasteiger charge is 2.28. The highest BCUT2D eigenvalue weighted by molar-refractivity contribution is 6.17. The summed E-state index contributed by atoms with van der Waals surface area (Å²) in [6.45, 7) is 2.91. The van der Waals surface area contributed by atoms with Crippen molar-refractivity contribution >= 4 is 11.6 Å². The third kappa shape index (κ3) is 2.14. The van der Waals surface area contributed by atoms with Gasteiger partial charge >= 0.3 is 0 Å². The molecule has 1 aliphatic carbocycles. The SMILES string of the molecule is CCOC1CC(CCCl)C1. The molecule has 0 unspecified atom stereocenters. The smallest absolute Gasteiger partial charge is 0.0580 e. The van der Waals surface area contributed by atoms with Crippen molar-refractivity contribution in [3.05, 3.63) is 0 Å². The van der Waals surface area contributed by atoms with Crippen LogP contribution in [0.4, 0.5) is 0 Å². The molecule has 0 heterocycles. The van der Waals surface area contributed by atoms with Gasteiger partial charge in [0.15, 0.2) is 0 Å². The molecule has 0 radical (unpaired) electrons. The van der Waals surface area contributed by atoms with Gasteiger partial charge in [0.05, 0.1) is 6.10 Å². The summed E-state index contributed by atoms with van der Waals surface area (Å²) in [7, 11) is 0. The van der Waals surface area contributed by atoms with E-state index in [0.29, 0.717) is 6.10 Å². The molecule has 0 spiro atoms. The lowest BCUT2D eigenvalue weighted by Gasteiger charge is -2.34. The lowest BCUT2D eigenvalue weighted by atomic mass is 9.80. The number of hydrogen-bond acceptors (Lipinski definition) is 1. The van der Waals surface area contributed by atoms with Gasteiger partial charge in [-0.1, -0.05) is 0 Å². The molecule has 0 saturated heterocycles. The standard InChI is InChI=1S/C8H15ClO/c1-2-10-8-5-7(6-8)3-4-9/h7-8H,2-6H2,1H3. The van der Waals surface area contributed by atoms with E-state index in [1.54, 1.807) is 0 Å². The Balaban J connectivity index is 1.95. The van der Waals surface area contributed by atoms with E-state index < -0.39 is 0 Å². The minimum Gasteiger partial charge on any atom is -0.378 e. The molecular formula is C8H15ClO. The van der Waals surface area contributed by atoms with E-state index in [0.717, 1.165) is 18.4 Å². The van der Waals surface area contributed by atoms with Crippen LogP contribution in [0.25, 0.3) is 0 Å². The second-order valence-electron chi connectivity index (χ2n) is 2.89. The van der Waals surface area contributed by atoms with Gasteiger partial charge in [-0.2, -0.15) is 0 Å². The van der Waals surface area contributed by atoms with E-state index in [1.807, 2.05) is 0 Å². The molecule has 1 nitrogen and oxygen atoms in total. The van der Waals surface area contributed by atoms with Crippen molar-refractivity contribution in [3.8, 4) is 0 Å². The van der Waals surface area contributed by atoms with Gasteiger partial charge in [0.2, 0.25) is 0 Å². The summed E-state index contributed by atoms with van der Waals surface area (Å²) < 4.78 is 5.41. The molecule has 0 aromatic carbocycles. The third-order valence-corrected chi connectivity index (χ3v) is 2.33. The number of hydrogen-bond donors (Lipinski definition) is 0. The fraction of sp³-hybridized carbons (Fsp3) is 1.00. The molecule has 0 atom stereocenters. The minimum atomic E-state index is 0.554. The van der Waals surface area contributed by atoms with Crippen LogP contribution in [0, 0.1) is 5.92 Å². The highest BCUT2D eigenvalue weighted by Crippen LogP contribution is 2.32. The molecule has 10 heavy (non-hydrogen) atoms. The number of ether oxygens (including phenoxy) is 1. The molecule has 0 aliphatic heterocycles. The van der Waals surface area contributed by atoms with Crippen LogP contribution in [0.2, 0.25) is 0 Å². The lowest BCUT2D eigenvalue weighted by molar-refractivity contribution is -0.0249. The Hall–Kier alpha value is 0.250. The molecule has 0 bridgehead atoms. The van der Waals surface area contributed by atoms with E-state index in [9.17, 15) is 0 Å². The van der Waals surface area contributed by atoms with Gasteiger partial charge in [0.25, 0.3) is 0 Å². The first-order chi connectivity index (χ1) is 4.86. The molecule has 1 saturated carbocycles. The Morgan fingerprint density at radius 1 is 1.50 bits per heavy atom. The summed E-state index contributed by atoms with van der Waals surface area (Å²) in [6, 6.07) is 0. The van der Waals surface area contributed by atoms with E-state index in [2.05, 4.69) is 6.92 Å². The topological polar surface area (TPSA) is 9.23 Å². The summed E-state index contributed by atoms with van der Waals surface area (Å²) in [5.74, 6) is 1.66. The zero-order chi connectivity index (χ0) is 7.40. The molecule has 0 N–H and O–H groups in total. The summed E-state index contributed by atoms with van der Waals surface area (Å²) in [5.41, 5.74) is 0. The second kappa shape index (κ2) is 4.20. The maximum Gasteiger partial charge on any atom is 0.0580 e. The first-order valence-electron chi connectivity index (χ1n) is 4.04. The van der Waals surface area contributed by atoms with E-state index in [-0.39, 0.29) is 0 Å².